The molecule has 0 bridgehead atoms. The van der Waals surface area contributed by atoms with E-state index in [0.717, 1.165) is 12.6 Å². The third-order valence-corrected chi connectivity index (χ3v) is 0.986. The molecular weight excluding hydrogens is 176 g/mol. The molecule has 0 aliphatic carbocycles. The number of hydrogen-bond acceptors (Lipinski definition) is 2. The standard InChI is InChI=1S/2C6H8O/c2*1-2-3-4-5-6-7/h2*2-6H,1H3/b3-2+,5-4+;. The number of rotatable bonds is 4. The first-order chi connectivity index (χ1) is 6.83. The Bertz CT molecular complexity index is 207. The summed E-state index contributed by atoms with van der Waals surface area (Å²) in [5, 5.41) is 0. The molecule has 0 radical (unpaired) electrons. The van der Waals surface area contributed by atoms with Crippen molar-refractivity contribution in [1.29, 1.82) is 0 Å². The van der Waals surface area contributed by atoms with Crippen LogP contribution in [0.2, 0.25) is 0 Å². The molecule has 0 aliphatic rings. The van der Waals surface area contributed by atoms with Gasteiger partial charge in [-0.25, -0.2) is 0 Å². The summed E-state index contributed by atoms with van der Waals surface area (Å²) in [7, 11) is 0. The van der Waals surface area contributed by atoms with Gasteiger partial charge in [0.05, 0.1) is 0 Å². The van der Waals surface area contributed by atoms with Crippen LogP contribution >= 0.6 is 0 Å². The highest BCUT2D eigenvalue weighted by Crippen LogP contribution is 1.71. The van der Waals surface area contributed by atoms with Gasteiger partial charge in [-0.2, -0.15) is 0 Å². The second-order valence-electron chi connectivity index (χ2n) is 2.09. The molecule has 2 heteroatoms. The number of carbonyl (C=O) groups is 2. The Kier molecular flexibility index (Phi) is 18.4. The summed E-state index contributed by atoms with van der Waals surface area (Å²) in [6.07, 6.45) is 15.1. The topological polar surface area (TPSA) is 34.1 Å². The van der Waals surface area contributed by atoms with Gasteiger partial charge in [0.15, 0.2) is 0 Å². The van der Waals surface area contributed by atoms with Crippen LogP contribution in [0, 0.1) is 0 Å². The summed E-state index contributed by atoms with van der Waals surface area (Å²) in [5.74, 6) is 0. The van der Waals surface area contributed by atoms with E-state index < -0.39 is 0 Å². The normalized spacial score (nSPS) is 11.0. The van der Waals surface area contributed by atoms with Gasteiger partial charge in [-0.05, 0) is 26.0 Å². The average molecular weight is 192 g/mol. The lowest BCUT2D eigenvalue weighted by Gasteiger charge is -1.62. The van der Waals surface area contributed by atoms with Crippen LogP contribution < -0.4 is 0 Å². The van der Waals surface area contributed by atoms with Gasteiger partial charge >= 0.3 is 0 Å². The Morgan fingerprint density at radius 2 is 0.929 bits per heavy atom. The highest BCUT2D eigenvalue weighted by molar-refractivity contribution is 5.65. The maximum Gasteiger partial charge on any atom is 0.142 e. The molecule has 0 heterocycles. The highest BCUT2D eigenvalue weighted by atomic mass is 16.1. The summed E-state index contributed by atoms with van der Waals surface area (Å²) in [6.45, 7) is 3.80. The summed E-state index contributed by atoms with van der Waals surface area (Å²) in [6, 6.07) is 0. The lowest BCUT2D eigenvalue weighted by Crippen LogP contribution is -1.53. The van der Waals surface area contributed by atoms with Crippen molar-refractivity contribution >= 4 is 12.6 Å². The van der Waals surface area contributed by atoms with Gasteiger partial charge < -0.3 is 0 Å². The molecule has 0 aliphatic heterocycles. The fraction of sp³-hybridized carbons (Fsp3) is 0.167. The summed E-state index contributed by atoms with van der Waals surface area (Å²) >= 11 is 0. The van der Waals surface area contributed by atoms with E-state index in [4.69, 9.17) is 0 Å². The molecular formula is C12H16O2. The van der Waals surface area contributed by atoms with E-state index in [1.807, 2.05) is 26.0 Å². The number of aldehydes is 2. The van der Waals surface area contributed by atoms with Gasteiger partial charge in [-0.3, -0.25) is 9.59 Å². The lowest BCUT2D eigenvalue weighted by molar-refractivity contribution is -0.104. The Labute approximate surface area is 85.3 Å². The average Bonchev–Trinajstić information content (AvgIpc) is 2.21. The van der Waals surface area contributed by atoms with E-state index in [1.54, 1.807) is 24.3 Å². The molecule has 0 aromatic carbocycles. The van der Waals surface area contributed by atoms with Gasteiger partial charge in [-0.1, -0.05) is 36.5 Å². The minimum absolute atomic E-state index is 0.750. The van der Waals surface area contributed by atoms with Crippen molar-refractivity contribution in [2.75, 3.05) is 0 Å². The summed E-state index contributed by atoms with van der Waals surface area (Å²) < 4.78 is 0. The summed E-state index contributed by atoms with van der Waals surface area (Å²) in [5.41, 5.74) is 0. The molecule has 0 amide bonds. The Hall–Kier alpha value is -1.70. The van der Waals surface area contributed by atoms with Crippen molar-refractivity contribution in [3.63, 3.8) is 0 Å². The molecule has 0 N–H and O–H groups in total. The van der Waals surface area contributed by atoms with E-state index >= 15 is 0 Å². The maximum absolute atomic E-state index is 9.56. The molecule has 2 nitrogen and oxygen atoms in total. The largest absolute Gasteiger partial charge is 0.299 e. The molecule has 76 valence electrons. The molecule has 0 saturated heterocycles. The van der Waals surface area contributed by atoms with Crippen LogP contribution in [0.3, 0.4) is 0 Å². The van der Waals surface area contributed by atoms with Crippen LogP contribution in [-0.2, 0) is 9.59 Å². The predicted molar refractivity (Wildman–Crippen MR) is 60.0 cm³/mol. The van der Waals surface area contributed by atoms with E-state index in [9.17, 15) is 9.59 Å². The molecule has 14 heavy (non-hydrogen) atoms. The zero-order chi connectivity index (χ0) is 11.1. The number of allylic oxidation sites excluding steroid dienone is 8. The molecule has 0 atom stereocenters. The van der Waals surface area contributed by atoms with Crippen LogP contribution in [0.15, 0.2) is 48.6 Å². The molecule has 0 spiro atoms. The predicted octanol–water partition coefficient (Wildman–Crippen LogP) is 2.64. The summed E-state index contributed by atoms with van der Waals surface area (Å²) in [4.78, 5) is 19.1. The quantitative estimate of drug-likeness (QED) is 0.390. The number of hydrogen-bond donors (Lipinski definition) is 0. The van der Waals surface area contributed by atoms with E-state index in [2.05, 4.69) is 0 Å². The van der Waals surface area contributed by atoms with Crippen molar-refractivity contribution in [2.24, 2.45) is 0 Å². The first-order valence-corrected chi connectivity index (χ1v) is 4.29. The van der Waals surface area contributed by atoms with Gasteiger partial charge in [0.2, 0.25) is 0 Å². The van der Waals surface area contributed by atoms with Gasteiger partial charge in [0, 0.05) is 0 Å². The molecule has 0 unspecified atom stereocenters. The van der Waals surface area contributed by atoms with Crippen molar-refractivity contribution in [3.8, 4) is 0 Å². The third-order valence-electron chi connectivity index (χ3n) is 0.986. The minimum atomic E-state index is 0.750. The van der Waals surface area contributed by atoms with Crippen LogP contribution in [0.4, 0.5) is 0 Å². The lowest BCUT2D eigenvalue weighted by atomic mass is 10.5. The van der Waals surface area contributed by atoms with Crippen molar-refractivity contribution in [2.45, 2.75) is 13.8 Å². The Balaban J connectivity index is 0. The van der Waals surface area contributed by atoms with Crippen molar-refractivity contribution in [1.82, 2.24) is 0 Å². The van der Waals surface area contributed by atoms with Crippen molar-refractivity contribution < 1.29 is 9.59 Å². The fourth-order valence-electron chi connectivity index (χ4n) is 0.441. The fourth-order valence-corrected chi connectivity index (χ4v) is 0.441. The Morgan fingerprint density at radius 3 is 1.14 bits per heavy atom. The maximum atomic E-state index is 9.56. The second kappa shape index (κ2) is 17.4. The zero-order valence-electron chi connectivity index (χ0n) is 8.59. The first-order valence-electron chi connectivity index (χ1n) is 4.29. The Morgan fingerprint density at radius 1 is 0.571 bits per heavy atom. The monoisotopic (exact) mass is 192 g/mol. The van der Waals surface area contributed by atoms with Gasteiger partial charge in [0.25, 0.3) is 0 Å². The molecule has 0 aromatic rings. The number of carbonyl (C=O) groups excluding carboxylic acids is 2. The first kappa shape index (κ1) is 14.8. The zero-order valence-corrected chi connectivity index (χ0v) is 8.59. The van der Waals surface area contributed by atoms with E-state index in [-0.39, 0.29) is 0 Å². The van der Waals surface area contributed by atoms with Crippen LogP contribution in [0.25, 0.3) is 0 Å². The highest BCUT2D eigenvalue weighted by Gasteiger charge is 1.56. The van der Waals surface area contributed by atoms with Crippen LogP contribution in [-0.4, -0.2) is 12.6 Å². The second-order valence-corrected chi connectivity index (χ2v) is 2.09. The molecule has 0 rings (SSSR count). The van der Waals surface area contributed by atoms with E-state index in [0.29, 0.717) is 0 Å². The smallest absolute Gasteiger partial charge is 0.142 e. The van der Waals surface area contributed by atoms with Gasteiger partial charge in [-0.15, -0.1) is 0 Å². The SMILES string of the molecule is C/C=C/C=C/C=O.CC=CC=CC=O. The third kappa shape index (κ3) is 22.4. The van der Waals surface area contributed by atoms with Gasteiger partial charge in [0.1, 0.15) is 12.6 Å². The minimum Gasteiger partial charge on any atom is -0.299 e. The van der Waals surface area contributed by atoms with Crippen LogP contribution in [0.1, 0.15) is 13.8 Å². The molecule has 0 aromatic heterocycles. The van der Waals surface area contributed by atoms with Crippen LogP contribution in [0.5, 0.6) is 0 Å². The molecule has 0 saturated carbocycles. The molecule has 0 fully saturated rings. The van der Waals surface area contributed by atoms with Crippen molar-refractivity contribution in [3.05, 3.63) is 48.6 Å². The van der Waals surface area contributed by atoms with E-state index in [1.165, 1.54) is 12.2 Å².